The number of nitrogens with one attached hydrogen (secondary N) is 2. The Morgan fingerprint density at radius 3 is 2.70 bits per heavy atom. The lowest BCUT2D eigenvalue weighted by molar-refractivity contribution is 0.396. The summed E-state index contributed by atoms with van der Waals surface area (Å²) < 4.78 is 33.4. The van der Waals surface area contributed by atoms with Gasteiger partial charge in [-0.3, -0.25) is 9.40 Å². The van der Waals surface area contributed by atoms with E-state index in [4.69, 9.17) is 4.42 Å². The highest BCUT2D eigenvalue weighted by Gasteiger charge is 2.19. The van der Waals surface area contributed by atoms with Gasteiger partial charge in [0.15, 0.2) is 5.82 Å². The molecule has 0 aliphatic carbocycles. The smallest absolute Gasteiger partial charge is 0.296 e. The van der Waals surface area contributed by atoms with Crippen LogP contribution in [0.4, 0.5) is 5.82 Å². The van der Waals surface area contributed by atoms with Crippen LogP contribution < -0.4 is 10.0 Å². The third-order valence-corrected chi connectivity index (χ3v) is 3.77. The van der Waals surface area contributed by atoms with E-state index in [1.165, 1.54) is 10.7 Å². The highest BCUT2D eigenvalue weighted by atomic mass is 32.2. The molecular weight excluding hydrogens is 280 g/mol. The van der Waals surface area contributed by atoms with Crippen molar-refractivity contribution in [2.24, 2.45) is 7.05 Å². The first-order chi connectivity index (χ1) is 9.37. The summed E-state index contributed by atoms with van der Waals surface area (Å²) in [5.41, 5.74) is 0. The number of anilines is 1. The molecule has 0 bridgehead atoms. The van der Waals surface area contributed by atoms with E-state index in [0.29, 0.717) is 18.3 Å². The molecule has 2 aromatic rings. The number of aryl methyl sites for hydroxylation is 1. The third kappa shape index (κ3) is 3.61. The van der Waals surface area contributed by atoms with Crippen molar-refractivity contribution in [1.82, 2.24) is 15.1 Å². The molecule has 0 fully saturated rings. The molecule has 2 rings (SSSR count). The van der Waals surface area contributed by atoms with E-state index in [-0.39, 0.29) is 10.9 Å². The van der Waals surface area contributed by atoms with Crippen molar-refractivity contribution in [3.05, 3.63) is 30.2 Å². The van der Waals surface area contributed by atoms with E-state index in [1.54, 1.807) is 25.4 Å². The number of hydrogen-bond donors (Lipinski definition) is 2. The van der Waals surface area contributed by atoms with Crippen molar-refractivity contribution in [2.75, 3.05) is 4.72 Å². The predicted octanol–water partition coefficient (Wildman–Crippen LogP) is 1.31. The van der Waals surface area contributed by atoms with Crippen LogP contribution in [0.5, 0.6) is 0 Å². The van der Waals surface area contributed by atoms with Crippen molar-refractivity contribution in [2.45, 2.75) is 31.5 Å². The van der Waals surface area contributed by atoms with Gasteiger partial charge in [-0.05, 0) is 12.1 Å². The molecule has 2 N–H and O–H groups in total. The van der Waals surface area contributed by atoms with Crippen LogP contribution >= 0.6 is 0 Å². The Hall–Kier alpha value is -1.80. The van der Waals surface area contributed by atoms with E-state index >= 15 is 0 Å². The average Bonchev–Trinajstić information content (AvgIpc) is 2.95. The van der Waals surface area contributed by atoms with Gasteiger partial charge < -0.3 is 9.73 Å². The standard InChI is InChI=1S/C12H18N4O3S/c1-9(2)13-8-10-4-5-12(19-10)20(17,18)15-11-6-7-16(3)14-11/h4-7,9,13H,8H2,1-3H3,(H,14,15). The third-order valence-electron chi connectivity index (χ3n) is 2.54. The number of hydrogen-bond acceptors (Lipinski definition) is 5. The molecule has 0 atom stereocenters. The van der Waals surface area contributed by atoms with Crippen molar-refractivity contribution < 1.29 is 12.8 Å². The molecule has 0 saturated carbocycles. The SMILES string of the molecule is CC(C)NCc1ccc(S(=O)(=O)Nc2ccn(C)n2)o1. The number of rotatable bonds is 6. The molecule has 110 valence electrons. The summed E-state index contributed by atoms with van der Waals surface area (Å²) >= 11 is 0. The second-order valence-corrected chi connectivity index (χ2v) is 6.35. The average molecular weight is 298 g/mol. The van der Waals surface area contributed by atoms with Gasteiger partial charge in [0.2, 0.25) is 5.09 Å². The lowest BCUT2D eigenvalue weighted by Crippen LogP contribution is -2.21. The summed E-state index contributed by atoms with van der Waals surface area (Å²) in [6, 6.07) is 4.94. The second-order valence-electron chi connectivity index (χ2n) is 4.74. The Kier molecular flexibility index (Phi) is 4.15. The zero-order valence-electron chi connectivity index (χ0n) is 11.6. The Morgan fingerprint density at radius 2 is 2.10 bits per heavy atom. The van der Waals surface area contributed by atoms with Gasteiger partial charge >= 0.3 is 0 Å². The minimum absolute atomic E-state index is 0.122. The Morgan fingerprint density at radius 1 is 1.35 bits per heavy atom. The Bertz CT molecular complexity index is 672. The molecule has 0 aliphatic rings. The molecule has 0 saturated heterocycles. The molecule has 0 spiro atoms. The summed E-state index contributed by atoms with van der Waals surface area (Å²) in [5.74, 6) is 0.825. The van der Waals surface area contributed by atoms with E-state index in [9.17, 15) is 8.42 Å². The van der Waals surface area contributed by atoms with Crippen molar-refractivity contribution >= 4 is 15.8 Å². The minimum Gasteiger partial charge on any atom is -0.446 e. The van der Waals surface area contributed by atoms with Crippen LogP contribution in [-0.2, 0) is 23.6 Å². The van der Waals surface area contributed by atoms with E-state index in [1.807, 2.05) is 13.8 Å². The van der Waals surface area contributed by atoms with E-state index in [2.05, 4.69) is 15.1 Å². The summed E-state index contributed by atoms with van der Waals surface area (Å²) in [7, 11) is -2.03. The number of furan rings is 1. The van der Waals surface area contributed by atoms with Crippen molar-refractivity contribution in [3.8, 4) is 0 Å². The van der Waals surface area contributed by atoms with Gasteiger partial charge in [0.25, 0.3) is 10.0 Å². The van der Waals surface area contributed by atoms with Gasteiger partial charge in [-0.25, -0.2) is 0 Å². The summed E-state index contributed by atoms with van der Waals surface area (Å²) in [6.45, 7) is 4.49. The van der Waals surface area contributed by atoms with E-state index < -0.39 is 10.0 Å². The van der Waals surface area contributed by atoms with E-state index in [0.717, 1.165) is 0 Å². The molecule has 2 aromatic heterocycles. The molecule has 8 heteroatoms. The molecule has 2 heterocycles. The van der Waals surface area contributed by atoms with Crippen LogP contribution in [0.1, 0.15) is 19.6 Å². The fourth-order valence-corrected chi connectivity index (χ4v) is 2.51. The van der Waals surface area contributed by atoms with Crippen LogP contribution in [-0.4, -0.2) is 24.2 Å². The first-order valence-corrected chi connectivity index (χ1v) is 7.70. The summed E-state index contributed by atoms with van der Waals surface area (Å²) in [4.78, 5) is 0. The van der Waals surface area contributed by atoms with Crippen LogP contribution in [0.3, 0.4) is 0 Å². The fraction of sp³-hybridized carbons (Fsp3) is 0.417. The van der Waals surface area contributed by atoms with Crippen LogP contribution in [0.25, 0.3) is 0 Å². The molecule has 20 heavy (non-hydrogen) atoms. The molecule has 0 unspecified atom stereocenters. The molecule has 0 aliphatic heterocycles. The number of aromatic nitrogens is 2. The zero-order valence-corrected chi connectivity index (χ0v) is 12.4. The van der Waals surface area contributed by atoms with Crippen LogP contribution in [0.15, 0.2) is 33.9 Å². The highest BCUT2D eigenvalue weighted by Crippen LogP contribution is 2.17. The molecule has 0 radical (unpaired) electrons. The Labute approximate surface area is 118 Å². The predicted molar refractivity (Wildman–Crippen MR) is 74.7 cm³/mol. The van der Waals surface area contributed by atoms with Crippen molar-refractivity contribution in [3.63, 3.8) is 0 Å². The fourth-order valence-electron chi connectivity index (χ4n) is 1.56. The summed E-state index contributed by atoms with van der Waals surface area (Å²) in [6.07, 6.45) is 1.65. The van der Waals surface area contributed by atoms with Crippen LogP contribution in [0, 0.1) is 0 Å². The molecule has 0 aromatic carbocycles. The first kappa shape index (κ1) is 14.6. The lowest BCUT2D eigenvalue weighted by Gasteiger charge is -2.05. The Balaban J connectivity index is 2.09. The maximum Gasteiger partial charge on any atom is 0.296 e. The first-order valence-electron chi connectivity index (χ1n) is 6.21. The molecule has 7 nitrogen and oxygen atoms in total. The minimum atomic E-state index is -3.74. The quantitative estimate of drug-likeness (QED) is 0.839. The van der Waals surface area contributed by atoms with Gasteiger partial charge in [-0.15, -0.1) is 0 Å². The monoisotopic (exact) mass is 298 g/mol. The maximum absolute atomic E-state index is 12.1. The second kappa shape index (κ2) is 5.68. The zero-order chi connectivity index (χ0) is 14.8. The highest BCUT2D eigenvalue weighted by molar-refractivity contribution is 7.92. The van der Waals surface area contributed by atoms with Crippen LogP contribution in [0.2, 0.25) is 0 Å². The summed E-state index contributed by atoms with van der Waals surface area (Å²) in [5, 5.41) is 6.99. The number of sulfonamides is 1. The van der Waals surface area contributed by atoms with Gasteiger partial charge in [0.05, 0.1) is 6.54 Å². The number of nitrogens with zero attached hydrogens (tertiary/aromatic N) is 2. The lowest BCUT2D eigenvalue weighted by atomic mass is 10.3. The molecule has 0 amide bonds. The van der Waals surface area contributed by atoms with Gasteiger partial charge in [0.1, 0.15) is 5.76 Å². The maximum atomic E-state index is 12.1. The van der Waals surface area contributed by atoms with Gasteiger partial charge in [0, 0.05) is 25.4 Å². The van der Waals surface area contributed by atoms with Crippen molar-refractivity contribution in [1.29, 1.82) is 0 Å². The van der Waals surface area contributed by atoms with Gasteiger partial charge in [-0.1, -0.05) is 13.8 Å². The molecular formula is C12H18N4O3S. The normalized spacial score (nSPS) is 12.0. The topological polar surface area (TPSA) is 89.2 Å². The van der Waals surface area contributed by atoms with Gasteiger partial charge in [-0.2, -0.15) is 13.5 Å². The largest absolute Gasteiger partial charge is 0.446 e.